The van der Waals surface area contributed by atoms with E-state index >= 15 is 0 Å². The number of hydrogen-bond donors (Lipinski definition) is 1. The van der Waals surface area contributed by atoms with E-state index in [2.05, 4.69) is 10.3 Å². The van der Waals surface area contributed by atoms with E-state index in [-0.39, 0.29) is 35.9 Å². The minimum absolute atomic E-state index is 0.0324. The molecular formula is C18H16F3N3O4S. The number of amides is 1. The van der Waals surface area contributed by atoms with Crippen LogP contribution in [0.2, 0.25) is 0 Å². The predicted molar refractivity (Wildman–Crippen MR) is 97.9 cm³/mol. The van der Waals surface area contributed by atoms with Crippen molar-refractivity contribution in [1.29, 1.82) is 0 Å². The van der Waals surface area contributed by atoms with Gasteiger partial charge < -0.3 is 8.98 Å². The molecule has 3 aromatic rings. The number of carbonyl (C=O) groups excluding carboxylic acids is 1. The van der Waals surface area contributed by atoms with Crippen molar-refractivity contribution in [1.82, 2.24) is 9.55 Å². The lowest BCUT2D eigenvalue weighted by atomic mass is 10.1. The number of nitrogens with zero attached hydrogens (tertiary/aromatic N) is 2. The Kier molecular flexibility index (Phi) is 4.64. The van der Waals surface area contributed by atoms with Gasteiger partial charge in [-0.05, 0) is 36.8 Å². The summed E-state index contributed by atoms with van der Waals surface area (Å²) >= 11 is 0. The van der Waals surface area contributed by atoms with Crippen LogP contribution in [-0.2, 0) is 27.4 Å². The van der Waals surface area contributed by atoms with E-state index in [0.717, 1.165) is 12.1 Å². The molecule has 0 bridgehead atoms. The fourth-order valence-electron chi connectivity index (χ4n) is 3.33. The molecule has 29 heavy (non-hydrogen) atoms. The van der Waals surface area contributed by atoms with Crippen molar-refractivity contribution in [2.24, 2.45) is 5.92 Å². The maximum Gasteiger partial charge on any atom is 0.416 e. The fourth-order valence-corrected chi connectivity index (χ4v) is 5.08. The van der Waals surface area contributed by atoms with Crippen LogP contribution in [0.5, 0.6) is 0 Å². The number of fused-ring (bicyclic) bond motifs is 1. The Morgan fingerprint density at radius 1 is 1.31 bits per heavy atom. The summed E-state index contributed by atoms with van der Waals surface area (Å²) in [6.45, 7) is 0.132. The van der Waals surface area contributed by atoms with Crippen molar-refractivity contribution in [3.05, 3.63) is 47.9 Å². The molecule has 1 aliphatic heterocycles. The molecule has 1 aromatic carbocycles. The topological polar surface area (TPSA) is 94.2 Å². The van der Waals surface area contributed by atoms with Crippen LogP contribution in [0, 0.1) is 5.92 Å². The zero-order chi connectivity index (χ0) is 20.8. The minimum Gasteiger partial charge on any atom is -0.467 e. The summed E-state index contributed by atoms with van der Waals surface area (Å²) in [5, 5.41) is 2.58. The van der Waals surface area contributed by atoms with Gasteiger partial charge in [0.2, 0.25) is 11.9 Å². The van der Waals surface area contributed by atoms with Gasteiger partial charge in [-0.25, -0.2) is 13.4 Å². The summed E-state index contributed by atoms with van der Waals surface area (Å²) in [6, 6.07) is 6.48. The third-order valence-electron chi connectivity index (χ3n) is 4.81. The number of anilines is 1. The number of alkyl halides is 3. The summed E-state index contributed by atoms with van der Waals surface area (Å²) in [4.78, 5) is 16.7. The van der Waals surface area contributed by atoms with E-state index < -0.39 is 33.4 Å². The van der Waals surface area contributed by atoms with Crippen LogP contribution in [0.25, 0.3) is 11.0 Å². The Morgan fingerprint density at radius 3 is 2.72 bits per heavy atom. The molecule has 1 atom stereocenters. The number of imidazole rings is 1. The highest BCUT2D eigenvalue weighted by atomic mass is 32.2. The third-order valence-corrected chi connectivity index (χ3v) is 6.58. The Morgan fingerprint density at radius 2 is 2.10 bits per heavy atom. The van der Waals surface area contributed by atoms with Crippen LogP contribution in [0.4, 0.5) is 19.1 Å². The van der Waals surface area contributed by atoms with Crippen molar-refractivity contribution >= 4 is 32.7 Å². The first-order valence-corrected chi connectivity index (χ1v) is 10.6. The summed E-state index contributed by atoms with van der Waals surface area (Å²) in [6.07, 6.45) is -2.87. The number of halogens is 3. The number of aromatic nitrogens is 2. The summed E-state index contributed by atoms with van der Waals surface area (Å²) < 4.78 is 69.2. The smallest absolute Gasteiger partial charge is 0.416 e. The van der Waals surface area contributed by atoms with Crippen LogP contribution < -0.4 is 5.32 Å². The first-order chi connectivity index (χ1) is 13.6. The third kappa shape index (κ3) is 4.00. The van der Waals surface area contributed by atoms with Gasteiger partial charge in [0, 0.05) is 0 Å². The SMILES string of the molecule is O=C(Nc1nc2cc(C(F)(F)F)ccc2n1Cc1ccco1)[C@H]1CCS(=O)(=O)C1. The molecule has 0 unspecified atom stereocenters. The second-order valence-electron chi connectivity index (χ2n) is 6.89. The molecule has 2 aromatic heterocycles. The molecule has 4 rings (SSSR count). The van der Waals surface area contributed by atoms with Crippen molar-refractivity contribution < 1.29 is 30.8 Å². The number of sulfone groups is 1. The molecule has 0 saturated carbocycles. The molecule has 154 valence electrons. The van der Waals surface area contributed by atoms with Gasteiger partial charge >= 0.3 is 6.18 Å². The number of benzene rings is 1. The molecule has 0 spiro atoms. The van der Waals surface area contributed by atoms with Gasteiger partial charge in [-0.2, -0.15) is 13.2 Å². The van der Waals surface area contributed by atoms with Crippen molar-refractivity contribution in [3.8, 4) is 0 Å². The Bertz CT molecular complexity index is 1170. The van der Waals surface area contributed by atoms with Gasteiger partial charge in [-0.15, -0.1) is 0 Å². The molecule has 11 heteroatoms. The first-order valence-electron chi connectivity index (χ1n) is 8.73. The number of furan rings is 1. The quantitative estimate of drug-likeness (QED) is 0.691. The molecule has 3 heterocycles. The first kappa shape index (κ1) is 19.5. The highest BCUT2D eigenvalue weighted by Gasteiger charge is 2.34. The Balaban J connectivity index is 1.71. The average molecular weight is 427 g/mol. The zero-order valence-electron chi connectivity index (χ0n) is 14.9. The maximum atomic E-state index is 13.0. The fraction of sp³-hybridized carbons (Fsp3) is 0.333. The van der Waals surface area contributed by atoms with Crippen LogP contribution in [0.15, 0.2) is 41.0 Å². The van der Waals surface area contributed by atoms with E-state index in [4.69, 9.17) is 4.42 Å². The van der Waals surface area contributed by atoms with E-state index in [1.165, 1.54) is 16.9 Å². The summed E-state index contributed by atoms with van der Waals surface area (Å²) in [7, 11) is -3.26. The second-order valence-corrected chi connectivity index (χ2v) is 9.12. The normalized spacial score (nSPS) is 18.9. The van der Waals surface area contributed by atoms with Crippen LogP contribution in [0.3, 0.4) is 0 Å². The summed E-state index contributed by atoms with van der Waals surface area (Å²) in [5.41, 5.74) is -0.420. The van der Waals surface area contributed by atoms with Crippen molar-refractivity contribution in [2.75, 3.05) is 16.8 Å². The molecule has 1 saturated heterocycles. The van der Waals surface area contributed by atoms with Gasteiger partial charge in [0.25, 0.3) is 0 Å². The predicted octanol–water partition coefficient (Wildman–Crippen LogP) is 3.07. The van der Waals surface area contributed by atoms with Gasteiger partial charge in [0.05, 0.1) is 46.8 Å². The van der Waals surface area contributed by atoms with Crippen molar-refractivity contribution in [3.63, 3.8) is 0 Å². The molecule has 1 N–H and O–H groups in total. The Hall–Kier alpha value is -2.82. The monoisotopic (exact) mass is 427 g/mol. The van der Waals surface area contributed by atoms with Crippen LogP contribution in [-0.4, -0.2) is 35.4 Å². The highest BCUT2D eigenvalue weighted by molar-refractivity contribution is 7.91. The number of rotatable bonds is 4. The number of hydrogen-bond acceptors (Lipinski definition) is 5. The molecule has 1 amide bonds. The molecule has 0 radical (unpaired) electrons. The molecule has 0 aliphatic carbocycles. The lowest BCUT2D eigenvalue weighted by molar-refractivity contribution is -0.137. The van der Waals surface area contributed by atoms with Gasteiger partial charge in [-0.3, -0.25) is 10.1 Å². The summed E-state index contributed by atoms with van der Waals surface area (Å²) in [5.74, 6) is -1.02. The minimum atomic E-state index is -4.53. The molecule has 1 fully saturated rings. The van der Waals surface area contributed by atoms with E-state index in [1.54, 1.807) is 12.1 Å². The molecule has 7 nitrogen and oxygen atoms in total. The standard InChI is InChI=1S/C18H16F3N3O4S/c19-18(20,21)12-3-4-15-14(8-12)22-17(24(15)9-13-2-1-6-28-13)23-16(25)11-5-7-29(26,27)10-11/h1-4,6,8,11H,5,7,9-10H2,(H,22,23,25)/t11-/m0/s1. The largest absolute Gasteiger partial charge is 0.467 e. The number of nitrogens with one attached hydrogen (secondary N) is 1. The Labute approximate surface area is 163 Å². The molecule has 1 aliphatic rings. The highest BCUT2D eigenvalue weighted by Crippen LogP contribution is 2.32. The van der Waals surface area contributed by atoms with Crippen LogP contribution in [0.1, 0.15) is 17.7 Å². The maximum absolute atomic E-state index is 13.0. The lowest BCUT2D eigenvalue weighted by Crippen LogP contribution is -2.25. The number of carbonyl (C=O) groups is 1. The van der Waals surface area contributed by atoms with Gasteiger partial charge in [-0.1, -0.05) is 0 Å². The molecular weight excluding hydrogens is 411 g/mol. The van der Waals surface area contributed by atoms with Gasteiger partial charge in [0.15, 0.2) is 9.84 Å². The van der Waals surface area contributed by atoms with E-state index in [0.29, 0.717) is 11.3 Å². The zero-order valence-corrected chi connectivity index (χ0v) is 15.8. The van der Waals surface area contributed by atoms with Gasteiger partial charge in [0.1, 0.15) is 5.76 Å². The second kappa shape index (κ2) is 6.90. The van der Waals surface area contributed by atoms with E-state index in [9.17, 15) is 26.4 Å². The van der Waals surface area contributed by atoms with Crippen LogP contribution >= 0.6 is 0 Å². The lowest BCUT2D eigenvalue weighted by Gasteiger charge is -2.11. The average Bonchev–Trinajstić information content (AvgIpc) is 3.34. The van der Waals surface area contributed by atoms with E-state index in [1.807, 2.05) is 0 Å². The van der Waals surface area contributed by atoms with Crippen molar-refractivity contribution in [2.45, 2.75) is 19.1 Å².